The lowest BCUT2D eigenvalue weighted by Gasteiger charge is -2.10. The largest absolute Gasteiger partial charge is 0.508 e. The van der Waals surface area contributed by atoms with Crippen molar-refractivity contribution in [1.82, 2.24) is 5.43 Å². The van der Waals surface area contributed by atoms with Gasteiger partial charge in [-0.15, -0.1) is 0 Å². The minimum atomic E-state index is -0.348. The quantitative estimate of drug-likeness (QED) is 0.658. The van der Waals surface area contributed by atoms with E-state index in [1.165, 1.54) is 6.21 Å². The van der Waals surface area contributed by atoms with Crippen LogP contribution in [0.25, 0.3) is 0 Å². The molecule has 0 spiro atoms. The highest BCUT2D eigenvalue weighted by Crippen LogP contribution is 2.21. The summed E-state index contributed by atoms with van der Waals surface area (Å²) in [4.78, 5) is 11.7. The van der Waals surface area contributed by atoms with Gasteiger partial charge in [-0.3, -0.25) is 4.79 Å². The number of amides is 1. The molecule has 0 aromatic heterocycles. The Morgan fingerprint density at radius 2 is 1.91 bits per heavy atom. The highest BCUT2D eigenvalue weighted by atomic mass is 16.5. The Kier molecular flexibility index (Phi) is 5.14. The summed E-state index contributed by atoms with van der Waals surface area (Å²) in [5.74, 6) is 0.516. The van der Waals surface area contributed by atoms with Gasteiger partial charge in [-0.05, 0) is 42.7 Å². The molecule has 2 N–H and O–H groups in total. The van der Waals surface area contributed by atoms with Gasteiger partial charge in [0.25, 0.3) is 5.91 Å². The molecular weight excluding hydrogens is 280 g/mol. The van der Waals surface area contributed by atoms with Gasteiger partial charge in [0.2, 0.25) is 0 Å². The van der Waals surface area contributed by atoms with E-state index in [1.807, 2.05) is 32.0 Å². The number of phenolic OH excluding ortho intramolecular Hbond substituents is 1. The summed E-state index contributed by atoms with van der Waals surface area (Å²) < 4.78 is 5.53. The van der Waals surface area contributed by atoms with Crippen LogP contribution in [0.3, 0.4) is 0 Å². The van der Waals surface area contributed by atoms with Gasteiger partial charge in [0, 0.05) is 0 Å². The molecule has 114 valence electrons. The third-order valence-electron chi connectivity index (χ3n) is 3.03. The molecule has 2 rings (SSSR count). The highest BCUT2D eigenvalue weighted by molar-refractivity contribution is 5.83. The van der Waals surface area contributed by atoms with E-state index in [0.717, 1.165) is 16.9 Å². The number of nitrogens with one attached hydrogen (secondary N) is 1. The Balaban J connectivity index is 1.86. The third kappa shape index (κ3) is 4.34. The number of phenols is 1. The Labute approximate surface area is 129 Å². The van der Waals surface area contributed by atoms with Gasteiger partial charge in [-0.2, -0.15) is 5.10 Å². The van der Waals surface area contributed by atoms with Crippen molar-refractivity contribution in [2.75, 3.05) is 6.61 Å². The second-order valence-corrected chi connectivity index (χ2v) is 4.90. The van der Waals surface area contributed by atoms with Crippen LogP contribution in [0.1, 0.15) is 16.7 Å². The molecule has 1 amide bonds. The molecule has 5 heteroatoms. The van der Waals surface area contributed by atoms with E-state index < -0.39 is 0 Å². The van der Waals surface area contributed by atoms with Crippen LogP contribution in [-0.2, 0) is 4.79 Å². The van der Waals surface area contributed by atoms with E-state index in [0.29, 0.717) is 5.56 Å². The summed E-state index contributed by atoms with van der Waals surface area (Å²) in [5.41, 5.74) is 5.04. The smallest absolute Gasteiger partial charge is 0.277 e. The molecule has 0 fully saturated rings. The van der Waals surface area contributed by atoms with Gasteiger partial charge >= 0.3 is 0 Å². The SMILES string of the molecule is Cc1cccc(C)c1OCC(=O)N/N=C/c1cccc(O)c1. The summed E-state index contributed by atoms with van der Waals surface area (Å²) in [6.07, 6.45) is 1.45. The summed E-state index contributed by atoms with van der Waals surface area (Å²) in [5, 5.41) is 13.1. The molecule has 0 atom stereocenters. The zero-order valence-electron chi connectivity index (χ0n) is 12.5. The number of hydrogen-bond acceptors (Lipinski definition) is 4. The van der Waals surface area contributed by atoms with Crippen LogP contribution >= 0.6 is 0 Å². The van der Waals surface area contributed by atoms with Crippen molar-refractivity contribution < 1.29 is 14.6 Å². The molecule has 0 unspecified atom stereocenters. The number of aromatic hydroxyl groups is 1. The molecule has 0 aliphatic heterocycles. The minimum Gasteiger partial charge on any atom is -0.508 e. The van der Waals surface area contributed by atoms with E-state index >= 15 is 0 Å². The van der Waals surface area contributed by atoms with Crippen LogP contribution < -0.4 is 10.2 Å². The number of hydrazone groups is 1. The van der Waals surface area contributed by atoms with Crippen LogP contribution in [0.4, 0.5) is 0 Å². The molecule has 0 heterocycles. The number of aryl methyl sites for hydroxylation is 2. The standard InChI is InChI=1S/C17H18N2O3/c1-12-5-3-6-13(2)17(12)22-11-16(21)19-18-10-14-7-4-8-15(20)9-14/h3-10,20H,11H2,1-2H3,(H,19,21)/b18-10+. The van der Waals surface area contributed by atoms with E-state index in [2.05, 4.69) is 10.5 Å². The van der Waals surface area contributed by atoms with Gasteiger partial charge in [0.1, 0.15) is 11.5 Å². The van der Waals surface area contributed by atoms with Gasteiger partial charge in [0.05, 0.1) is 6.21 Å². The fourth-order valence-electron chi connectivity index (χ4n) is 1.98. The van der Waals surface area contributed by atoms with Crippen LogP contribution in [0.5, 0.6) is 11.5 Å². The van der Waals surface area contributed by atoms with Crippen molar-refractivity contribution in [3.05, 3.63) is 59.2 Å². The molecular formula is C17H18N2O3. The van der Waals surface area contributed by atoms with Crippen molar-refractivity contribution in [3.8, 4) is 11.5 Å². The van der Waals surface area contributed by atoms with E-state index in [-0.39, 0.29) is 18.3 Å². The van der Waals surface area contributed by atoms with E-state index in [9.17, 15) is 9.90 Å². The Hall–Kier alpha value is -2.82. The number of rotatable bonds is 5. The van der Waals surface area contributed by atoms with Gasteiger partial charge in [-0.1, -0.05) is 30.3 Å². The van der Waals surface area contributed by atoms with Crippen molar-refractivity contribution in [2.45, 2.75) is 13.8 Å². The molecule has 0 radical (unpaired) electrons. The van der Waals surface area contributed by atoms with Crippen LogP contribution in [0, 0.1) is 13.8 Å². The maximum atomic E-state index is 11.7. The van der Waals surface area contributed by atoms with Crippen LogP contribution in [-0.4, -0.2) is 23.8 Å². The molecule has 22 heavy (non-hydrogen) atoms. The fraction of sp³-hybridized carbons (Fsp3) is 0.176. The number of nitrogens with zero attached hydrogens (tertiary/aromatic N) is 1. The van der Waals surface area contributed by atoms with Crippen molar-refractivity contribution in [3.63, 3.8) is 0 Å². The van der Waals surface area contributed by atoms with Crippen molar-refractivity contribution in [1.29, 1.82) is 0 Å². The average molecular weight is 298 g/mol. The number of carbonyl (C=O) groups is 1. The normalized spacial score (nSPS) is 10.6. The molecule has 0 saturated carbocycles. The predicted octanol–water partition coefficient (Wildman–Crippen LogP) is 2.54. The monoisotopic (exact) mass is 298 g/mol. The number of para-hydroxylation sites is 1. The Bertz CT molecular complexity index is 676. The first kappa shape index (κ1) is 15.6. The number of ether oxygens (including phenoxy) is 1. The number of benzene rings is 2. The Morgan fingerprint density at radius 1 is 1.23 bits per heavy atom. The highest BCUT2D eigenvalue weighted by Gasteiger charge is 2.06. The Morgan fingerprint density at radius 3 is 2.59 bits per heavy atom. The average Bonchev–Trinajstić information content (AvgIpc) is 2.47. The summed E-state index contributed by atoms with van der Waals surface area (Å²) in [7, 11) is 0. The lowest BCUT2D eigenvalue weighted by molar-refractivity contribution is -0.123. The second kappa shape index (κ2) is 7.26. The molecule has 2 aromatic carbocycles. The first-order valence-corrected chi connectivity index (χ1v) is 6.86. The number of carbonyl (C=O) groups excluding carboxylic acids is 1. The lowest BCUT2D eigenvalue weighted by Crippen LogP contribution is -2.25. The maximum absolute atomic E-state index is 11.7. The second-order valence-electron chi connectivity index (χ2n) is 4.90. The fourth-order valence-corrected chi connectivity index (χ4v) is 1.98. The first-order chi connectivity index (χ1) is 10.6. The van der Waals surface area contributed by atoms with E-state index in [4.69, 9.17) is 4.74 Å². The van der Waals surface area contributed by atoms with Gasteiger partial charge in [0.15, 0.2) is 6.61 Å². The predicted molar refractivity (Wildman–Crippen MR) is 85.3 cm³/mol. The number of hydrogen-bond donors (Lipinski definition) is 2. The first-order valence-electron chi connectivity index (χ1n) is 6.86. The van der Waals surface area contributed by atoms with E-state index in [1.54, 1.807) is 24.3 Å². The molecule has 5 nitrogen and oxygen atoms in total. The molecule has 0 saturated heterocycles. The molecule has 0 aliphatic rings. The lowest BCUT2D eigenvalue weighted by atomic mass is 10.1. The van der Waals surface area contributed by atoms with Crippen LogP contribution in [0.15, 0.2) is 47.6 Å². The minimum absolute atomic E-state index is 0.108. The molecule has 2 aromatic rings. The summed E-state index contributed by atoms with van der Waals surface area (Å²) in [6.45, 7) is 3.75. The topological polar surface area (TPSA) is 70.9 Å². The van der Waals surface area contributed by atoms with Crippen LogP contribution in [0.2, 0.25) is 0 Å². The summed E-state index contributed by atoms with van der Waals surface area (Å²) >= 11 is 0. The summed E-state index contributed by atoms with van der Waals surface area (Å²) in [6, 6.07) is 12.4. The maximum Gasteiger partial charge on any atom is 0.277 e. The zero-order valence-corrected chi connectivity index (χ0v) is 12.5. The third-order valence-corrected chi connectivity index (χ3v) is 3.03. The zero-order chi connectivity index (χ0) is 15.9. The van der Waals surface area contributed by atoms with Gasteiger partial charge < -0.3 is 9.84 Å². The van der Waals surface area contributed by atoms with Crippen molar-refractivity contribution >= 4 is 12.1 Å². The van der Waals surface area contributed by atoms with Crippen molar-refractivity contribution in [2.24, 2.45) is 5.10 Å². The molecule has 0 aliphatic carbocycles. The van der Waals surface area contributed by atoms with Gasteiger partial charge in [-0.25, -0.2) is 5.43 Å². The molecule has 0 bridgehead atoms.